The second kappa shape index (κ2) is 5.49. The minimum absolute atomic E-state index is 0.246. The van der Waals surface area contributed by atoms with Crippen molar-refractivity contribution >= 4 is 11.5 Å². The highest BCUT2D eigenvalue weighted by molar-refractivity contribution is 5.74. The Labute approximate surface area is 144 Å². The van der Waals surface area contributed by atoms with Crippen molar-refractivity contribution in [3.63, 3.8) is 0 Å². The number of nitrogens with two attached hydrogens (primary N) is 1. The van der Waals surface area contributed by atoms with E-state index >= 15 is 0 Å². The van der Waals surface area contributed by atoms with E-state index in [4.69, 9.17) is 10.2 Å². The van der Waals surface area contributed by atoms with Crippen LogP contribution in [0.5, 0.6) is 0 Å². The first-order chi connectivity index (χ1) is 12.1. The Morgan fingerprint density at radius 3 is 2.68 bits per heavy atom. The maximum absolute atomic E-state index is 9.53. The topological polar surface area (TPSA) is 93.1 Å². The van der Waals surface area contributed by atoms with Crippen molar-refractivity contribution in [2.24, 2.45) is 0 Å². The number of nitrogen functional groups attached to an aromatic ring is 1. The van der Waals surface area contributed by atoms with E-state index in [9.17, 15) is 5.26 Å². The van der Waals surface area contributed by atoms with Gasteiger partial charge >= 0.3 is 0 Å². The molecule has 0 atom stereocenters. The summed E-state index contributed by atoms with van der Waals surface area (Å²) in [5.41, 5.74) is 10.3. The third-order valence-corrected chi connectivity index (χ3v) is 4.04. The Balaban J connectivity index is 1.96. The molecule has 122 valence electrons. The van der Waals surface area contributed by atoms with Gasteiger partial charge in [0.1, 0.15) is 28.9 Å². The zero-order chi connectivity index (χ0) is 17.6. The fourth-order valence-corrected chi connectivity index (χ4v) is 2.82. The molecule has 4 rings (SSSR count). The van der Waals surface area contributed by atoms with E-state index in [1.54, 1.807) is 6.07 Å². The van der Waals surface area contributed by atoms with Crippen molar-refractivity contribution in [1.29, 1.82) is 5.26 Å². The number of fused-ring (bicyclic) bond motifs is 1. The normalized spacial score (nSPS) is 10.9. The summed E-state index contributed by atoms with van der Waals surface area (Å²) in [4.78, 5) is 4.56. The van der Waals surface area contributed by atoms with Crippen LogP contribution in [-0.2, 0) is 0 Å². The zero-order valence-electron chi connectivity index (χ0n) is 13.8. The van der Waals surface area contributed by atoms with Gasteiger partial charge in [0.2, 0.25) is 0 Å². The Kier molecular flexibility index (Phi) is 3.29. The van der Waals surface area contributed by atoms with Gasteiger partial charge in [-0.2, -0.15) is 14.9 Å². The van der Waals surface area contributed by atoms with E-state index in [1.165, 1.54) is 4.52 Å². The number of nitrogens with zero attached hydrogens (tertiary/aromatic N) is 4. The van der Waals surface area contributed by atoms with Crippen LogP contribution in [0, 0.1) is 25.2 Å². The Morgan fingerprint density at radius 2 is 2.00 bits per heavy atom. The van der Waals surface area contributed by atoms with E-state index in [-0.39, 0.29) is 11.4 Å². The van der Waals surface area contributed by atoms with Gasteiger partial charge in [0.05, 0.1) is 5.69 Å². The molecule has 0 spiro atoms. The first-order valence-corrected chi connectivity index (χ1v) is 7.80. The number of rotatable bonds is 2. The van der Waals surface area contributed by atoms with Crippen LogP contribution in [0.3, 0.4) is 0 Å². The second-order valence-electron chi connectivity index (χ2n) is 5.91. The zero-order valence-corrected chi connectivity index (χ0v) is 13.8. The summed E-state index contributed by atoms with van der Waals surface area (Å²) in [7, 11) is 0. The van der Waals surface area contributed by atoms with Gasteiger partial charge in [-0.25, -0.2) is 4.98 Å². The molecule has 0 saturated carbocycles. The molecule has 0 aliphatic heterocycles. The summed E-state index contributed by atoms with van der Waals surface area (Å²) in [6, 6.07) is 15.6. The van der Waals surface area contributed by atoms with Gasteiger partial charge in [0.15, 0.2) is 11.4 Å². The van der Waals surface area contributed by atoms with Gasteiger partial charge in [-0.05, 0) is 32.0 Å². The van der Waals surface area contributed by atoms with Crippen LogP contribution in [0.15, 0.2) is 46.9 Å². The average molecular weight is 329 g/mol. The lowest BCUT2D eigenvalue weighted by Crippen LogP contribution is -2.05. The lowest BCUT2D eigenvalue weighted by molar-refractivity contribution is 0.546. The molecule has 1 aromatic carbocycles. The summed E-state index contributed by atoms with van der Waals surface area (Å²) < 4.78 is 7.12. The largest absolute Gasteiger partial charge is 0.460 e. The third kappa shape index (κ3) is 2.42. The van der Waals surface area contributed by atoms with Gasteiger partial charge < -0.3 is 10.2 Å². The van der Waals surface area contributed by atoms with Crippen LogP contribution >= 0.6 is 0 Å². The Hall–Kier alpha value is -3.59. The number of furan rings is 1. The molecule has 3 aromatic heterocycles. The molecule has 0 bridgehead atoms. The number of hydrogen-bond acceptors (Lipinski definition) is 5. The van der Waals surface area contributed by atoms with Gasteiger partial charge in [-0.3, -0.25) is 0 Å². The van der Waals surface area contributed by atoms with E-state index in [1.807, 2.05) is 50.2 Å². The maximum Gasteiger partial charge on any atom is 0.158 e. The number of aryl methyl sites for hydroxylation is 2. The molecule has 0 aliphatic rings. The monoisotopic (exact) mass is 329 g/mol. The SMILES string of the molecule is Cc1cccc(-c2cc3nc(-c4ccc(C)o4)c(C#N)c(N)n3n2)c1. The van der Waals surface area contributed by atoms with Crippen molar-refractivity contribution in [3.05, 3.63) is 59.4 Å². The predicted octanol–water partition coefficient (Wildman–Crippen LogP) is 3.73. The molecule has 0 amide bonds. The molecular weight excluding hydrogens is 314 g/mol. The number of anilines is 1. The molecule has 4 aromatic rings. The molecule has 6 nitrogen and oxygen atoms in total. The van der Waals surface area contributed by atoms with E-state index in [0.29, 0.717) is 17.1 Å². The number of nitriles is 1. The molecule has 0 unspecified atom stereocenters. The molecule has 0 saturated heterocycles. The first kappa shape index (κ1) is 15.0. The summed E-state index contributed by atoms with van der Waals surface area (Å²) in [6.45, 7) is 3.86. The fourth-order valence-electron chi connectivity index (χ4n) is 2.82. The smallest absolute Gasteiger partial charge is 0.158 e. The van der Waals surface area contributed by atoms with Crippen molar-refractivity contribution in [2.45, 2.75) is 13.8 Å². The van der Waals surface area contributed by atoms with Gasteiger partial charge in [-0.1, -0.05) is 23.8 Å². The van der Waals surface area contributed by atoms with Gasteiger partial charge in [-0.15, -0.1) is 0 Å². The van der Waals surface area contributed by atoms with Crippen LogP contribution in [0.25, 0.3) is 28.4 Å². The highest BCUT2D eigenvalue weighted by Crippen LogP contribution is 2.29. The quantitative estimate of drug-likeness (QED) is 0.605. The fraction of sp³-hybridized carbons (Fsp3) is 0.105. The van der Waals surface area contributed by atoms with Crippen LogP contribution < -0.4 is 5.73 Å². The maximum atomic E-state index is 9.53. The van der Waals surface area contributed by atoms with Gasteiger partial charge in [0, 0.05) is 11.6 Å². The molecule has 0 radical (unpaired) electrons. The highest BCUT2D eigenvalue weighted by atomic mass is 16.3. The third-order valence-electron chi connectivity index (χ3n) is 4.04. The summed E-state index contributed by atoms with van der Waals surface area (Å²) in [5, 5.41) is 14.1. The number of hydrogen-bond donors (Lipinski definition) is 1. The minimum Gasteiger partial charge on any atom is -0.460 e. The summed E-state index contributed by atoms with van der Waals surface area (Å²) in [6.07, 6.45) is 0. The summed E-state index contributed by atoms with van der Waals surface area (Å²) >= 11 is 0. The van der Waals surface area contributed by atoms with Crippen molar-refractivity contribution in [3.8, 4) is 28.8 Å². The first-order valence-electron chi connectivity index (χ1n) is 7.80. The number of aromatic nitrogens is 3. The van der Waals surface area contributed by atoms with Crippen LogP contribution in [-0.4, -0.2) is 14.6 Å². The van der Waals surface area contributed by atoms with Crippen LogP contribution in [0.2, 0.25) is 0 Å². The lowest BCUT2D eigenvalue weighted by Gasteiger charge is -2.05. The van der Waals surface area contributed by atoms with E-state index < -0.39 is 0 Å². The van der Waals surface area contributed by atoms with Crippen molar-refractivity contribution in [1.82, 2.24) is 14.6 Å². The molecule has 0 aliphatic carbocycles. The van der Waals surface area contributed by atoms with Crippen molar-refractivity contribution < 1.29 is 4.42 Å². The van der Waals surface area contributed by atoms with Crippen LogP contribution in [0.4, 0.5) is 5.82 Å². The average Bonchev–Trinajstić information content (AvgIpc) is 3.21. The molecule has 25 heavy (non-hydrogen) atoms. The van der Waals surface area contributed by atoms with E-state index in [2.05, 4.69) is 16.2 Å². The predicted molar refractivity (Wildman–Crippen MR) is 94.7 cm³/mol. The van der Waals surface area contributed by atoms with Crippen molar-refractivity contribution in [2.75, 3.05) is 5.73 Å². The standard InChI is InChI=1S/C19H15N5O/c1-11-4-3-5-13(8-11)15-9-17-22-18(16-7-6-12(2)25-16)14(10-20)19(21)24(17)23-15/h3-9H,21H2,1-2H3. The highest BCUT2D eigenvalue weighted by Gasteiger charge is 2.19. The lowest BCUT2D eigenvalue weighted by atomic mass is 10.1. The van der Waals surface area contributed by atoms with E-state index in [0.717, 1.165) is 22.6 Å². The van der Waals surface area contributed by atoms with Gasteiger partial charge in [0.25, 0.3) is 0 Å². The number of benzene rings is 1. The molecule has 0 fully saturated rings. The summed E-state index contributed by atoms with van der Waals surface area (Å²) in [5.74, 6) is 1.50. The Bertz CT molecular complexity index is 1150. The molecule has 2 N–H and O–H groups in total. The van der Waals surface area contributed by atoms with Crippen LogP contribution in [0.1, 0.15) is 16.9 Å². The second-order valence-corrected chi connectivity index (χ2v) is 5.91. The molecule has 3 heterocycles. The minimum atomic E-state index is 0.246. The Morgan fingerprint density at radius 1 is 1.16 bits per heavy atom. The molecular formula is C19H15N5O. The molecule has 6 heteroatoms.